The molecule has 2 rings (SSSR count). The van der Waals surface area contributed by atoms with Crippen molar-refractivity contribution in [3.63, 3.8) is 0 Å². The minimum atomic E-state index is 0.320. The third-order valence-electron chi connectivity index (χ3n) is 4.41. The highest BCUT2D eigenvalue weighted by molar-refractivity contribution is 8.00. The fourth-order valence-electron chi connectivity index (χ4n) is 2.90. The largest absolute Gasteiger partial charge is 0.497 e. The summed E-state index contributed by atoms with van der Waals surface area (Å²) in [6, 6.07) is 8.64. The average Bonchev–Trinajstić information content (AvgIpc) is 2.41. The summed E-state index contributed by atoms with van der Waals surface area (Å²) >= 11 is 1.93. The molecule has 1 aliphatic rings. The molecule has 0 spiro atoms. The third-order valence-corrected chi connectivity index (χ3v) is 5.80. The molecule has 0 heterocycles. The van der Waals surface area contributed by atoms with E-state index in [1.807, 2.05) is 23.9 Å². The first kappa shape index (κ1) is 15.7. The second-order valence-electron chi connectivity index (χ2n) is 6.87. The van der Waals surface area contributed by atoms with E-state index in [9.17, 15) is 0 Å². The fraction of sp³-hybridized carbons (Fsp3) is 0.647. The molecule has 1 saturated carbocycles. The monoisotopic (exact) mass is 293 g/mol. The van der Waals surface area contributed by atoms with Gasteiger partial charge in [0.15, 0.2) is 0 Å². The summed E-state index contributed by atoms with van der Waals surface area (Å²) in [5, 5.41) is 0.529. The van der Waals surface area contributed by atoms with E-state index < -0.39 is 0 Å². The van der Waals surface area contributed by atoms with Gasteiger partial charge in [0.25, 0.3) is 0 Å². The van der Waals surface area contributed by atoms with Crippen molar-refractivity contribution in [3.8, 4) is 5.75 Å². The lowest BCUT2D eigenvalue weighted by molar-refractivity contribution is 0.174. The van der Waals surface area contributed by atoms with Crippen LogP contribution in [0.15, 0.2) is 29.2 Å². The Balaban J connectivity index is 2.02. The van der Waals surface area contributed by atoms with Gasteiger partial charge in [-0.3, -0.25) is 0 Å². The second kappa shape index (κ2) is 6.40. The maximum absolute atomic E-state index is 6.34. The number of rotatable bonds is 3. The summed E-state index contributed by atoms with van der Waals surface area (Å²) in [7, 11) is 1.70. The molecule has 2 N–H and O–H groups in total. The summed E-state index contributed by atoms with van der Waals surface area (Å²) in [5.41, 5.74) is 6.73. The minimum Gasteiger partial charge on any atom is -0.497 e. The van der Waals surface area contributed by atoms with E-state index in [4.69, 9.17) is 10.5 Å². The molecule has 3 atom stereocenters. The minimum absolute atomic E-state index is 0.320. The smallest absolute Gasteiger partial charge is 0.118 e. The second-order valence-corrected chi connectivity index (χ2v) is 8.18. The van der Waals surface area contributed by atoms with Crippen LogP contribution in [0.2, 0.25) is 0 Å². The summed E-state index contributed by atoms with van der Waals surface area (Å²) in [5.74, 6) is 1.69. The molecule has 0 aliphatic heterocycles. The van der Waals surface area contributed by atoms with Gasteiger partial charge in [0.1, 0.15) is 5.75 Å². The topological polar surface area (TPSA) is 35.2 Å². The zero-order chi connectivity index (χ0) is 14.8. The van der Waals surface area contributed by atoms with Gasteiger partial charge in [0.05, 0.1) is 7.11 Å². The first-order valence-corrected chi connectivity index (χ1v) is 8.34. The highest BCUT2D eigenvalue weighted by atomic mass is 32.2. The van der Waals surface area contributed by atoms with Gasteiger partial charge in [-0.15, -0.1) is 11.8 Å². The van der Waals surface area contributed by atoms with Crippen LogP contribution in [0.4, 0.5) is 0 Å². The van der Waals surface area contributed by atoms with Crippen LogP contribution in [0, 0.1) is 11.3 Å². The van der Waals surface area contributed by atoms with Crippen molar-refractivity contribution >= 4 is 11.8 Å². The normalized spacial score (nSPS) is 27.4. The van der Waals surface area contributed by atoms with Crippen LogP contribution in [0.5, 0.6) is 5.75 Å². The predicted octanol–water partition coefficient (Wildman–Crippen LogP) is 4.33. The average molecular weight is 293 g/mol. The van der Waals surface area contributed by atoms with Crippen LogP contribution in [0.25, 0.3) is 0 Å². The number of nitrogens with two attached hydrogens (primary N) is 1. The van der Waals surface area contributed by atoms with Crippen molar-refractivity contribution in [2.45, 2.75) is 56.2 Å². The van der Waals surface area contributed by atoms with Gasteiger partial charge < -0.3 is 10.5 Å². The molecule has 20 heavy (non-hydrogen) atoms. The number of hydrogen-bond acceptors (Lipinski definition) is 3. The number of methoxy groups -OCH3 is 1. The Bertz CT molecular complexity index is 424. The van der Waals surface area contributed by atoms with Gasteiger partial charge in [-0.05, 0) is 54.9 Å². The molecule has 1 aromatic carbocycles. The number of hydrogen-bond donors (Lipinski definition) is 1. The summed E-state index contributed by atoms with van der Waals surface area (Å²) < 4.78 is 5.21. The predicted molar refractivity (Wildman–Crippen MR) is 87.4 cm³/mol. The Kier molecular flexibility index (Phi) is 5.03. The molecule has 0 aromatic heterocycles. The Morgan fingerprint density at radius 1 is 1.15 bits per heavy atom. The molecular weight excluding hydrogens is 266 g/mol. The van der Waals surface area contributed by atoms with Crippen LogP contribution >= 0.6 is 11.8 Å². The van der Waals surface area contributed by atoms with Crippen LogP contribution in [0.3, 0.4) is 0 Å². The Hall–Kier alpha value is -0.670. The quantitative estimate of drug-likeness (QED) is 0.901. The third kappa shape index (κ3) is 3.92. The Labute approximate surface area is 127 Å². The molecule has 0 radical (unpaired) electrons. The zero-order valence-electron chi connectivity index (χ0n) is 13.1. The van der Waals surface area contributed by atoms with Crippen LogP contribution in [0.1, 0.15) is 40.0 Å². The van der Waals surface area contributed by atoms with Gasteiger partial charge >= 0.3 is 0 Å². The Morgan fingerprint density at radius 2 is 1.80 bits per heavy atom. The van der Waals surface area contributed by atoms with E-state index in [-0.39, 0.29) is 0 Å². The van der Waals surface area contributed by atoms with Gasteiger partial charge in [-0.1, -0.05) is 20.8 Å². The van der Waals surface area contributed by atoms with Crippen molar-refractivity contribution in [3.05, 3.63) is 24.3 Å². The van der Waals surface area contributed by atoms with Gasteiger partial charge in [-0.25, -0.2) is 0 Å². The molecule has 0 bridgehead atoms. The number of ether oxygens (including phenoxy) is 1. The summed E-state index contributed by atoms with van der Waals surface area (Å²) in [6.45, 7) is 7.05. The lowest BCUT2D eigenvalue weighted by Crippen LogP contribution is -2.41. The highest BCUT2D eigenvalue weighted by Crippen LogP contribution is 2.42. The van der Waals surface area contributed by atoms with E-state index in [1.54, 1.807) is 7.11 Å². The molecule has 2 nitrogen and oxygen atoms in total. The molecule has 1 aliphatic carbocycles. The molecule has 1 aromatic rings. The molecule has 3 heteroatoms. The summed E-state index contributed by atoms with van der Waals surface area (Å²) in [4.78, 5) is 1.29. The number of benzene rings is 1. The first-order chi connectivity index (χ1) is 9.40. The summed E-state index contributed by atoms with van der Waals surface area (Å²) in [6.07, 6.45) is 3.64. The maximum atomic E-state index is 6.34. The van der Waals surface area contributed by atoms with Gasteiger partial charge in [-0.2, -0.15) is 0 Å². The molecule has 0 amide bonds. The van der Waals surface area contributed by atoms with Crippen molar-refractivity contribution in [2.75, 3.05) is 7.11 Å². The molecular formula is C17H27NOS. The van der Waals surface area contributed by atoms with E-state index >= 15 is 0 Å². The fourth-order valence-corrected chi connectivity index (χ4v) is 4.19. The molecule has 1 fully saturated rings. The van der Waals surface area contributed by atoms with Crippen molar-refractivity contribution in [1.29, 1.82) is 0 Å². The molecule has 3 unspecified atom stereocenters. The Morgan fingerprint density at radius 3 is 2.35 bits per heavy atom. The van der Waals surface area contributed by atoms with Gasteiger partial charge in [0, 0.05) is 16.2 Å². The zero-order valence-corrected chi connectivity index (χ0v) is 13.9. The van der Waals surface area contributed by atoms with E-state index in [1.165, 1.54) is 17.7 Å². The van der Waals surface area contributed by atoms with Crippen LogP contribution < -0.4 is 10.5 Å². The van der Waals surface area contributed by atoms with E-state index in [0.29, 0.717) is 16.7 Å². The SMILES string of the molecule is COc1ccc(SC2CC(C(C)(C)C)CCC2N)cc1. The highest BCUT2D eigenvalue weighted by Gasteiger charge is 2.34. The van der Waals surface area contributed by atoms with Crippen molar-refractivity contribution < 1.29 is 4.74 Å². The number of thioether (sulfide) groups is 1. The van der Waals surface area contributed by atoms with Crippen molar-refractivity contribution in [2.24, 2.45) is 17.1 Å². The molecule has 0 saturated heterocycles. The standard InChI is InChI=1S/C17H27NOS/c1-17(2,3)12-5-10-15(18)16(11-12)20-14-8-6-13(19-4)7-9-14/h6-9,12,15-16H,5,10-11,18H2,1-4H3. The van der Waals surface area contributed by atoms with E-state index in [0.717, 1.165) is 18.1 Å². The lowest BCUT2D eigenvalue weighted by atomic mass is 9.71. The van der Waals surface area contributed by atoms with Crippen LogP contribution in [-0.2, 0) is 0 Å². The molecule has 112 valence electrons. The maximum Gasteiger partial charge on any atom is 0.118 e. The van der Waals surface area contributed by atoms with E-state index in [2.05, 4.69) is 32.9 Å². The van der Waals surface area contributed by atoms with Crippen LogP contribution in [-0.4, -0.2) is 18.4 Å². The van der Waals surface area contributed by atoms with Gasteiger partial charge in [0.2, 0.25) is 0 Å². The lowest BCUT2D eigenvalue weighted by Gasteiger charge is -2.40. The van der Waals surface area contributed by atoms with Crippen molar-refractivity contribution in [1.82, 2.24) is 0 Å². The first-order valence-electron chi connectivity index (χ1n) is 7.46.